The quantitative estimate of drug-likeness (QED) is 0.891. The largest absolute Gasteiger partial charge is 0.481 e. The smallest absolute Gasteiger partial charge is 0.311 e. The van der Waals surface area contributed by atoms with E-state index in [4.69, 9.17) is 0 Å². The molecule has 1 atom stereocenters. The number of hydrogen-bond donors (Lipinski definition) is 1. The van der Waals surface area contributed by atoms with E-state index in [1.54, 1.807) is 47.1 Å². The van der Waals surface area contributed by atoms with E-state index in [0.29, 0.717) is 18.5 Å². The van der Waals surface area contributed by atoms with Gasteiger partial charge < -0.3 is 10.0 Å². The second-order valence-corrected chi connectivity index (χ2v) is 6.91. The lowest BCUT2D eigenvalue weighted by molar-refractivity contribution is -0.147. The lowest BCUT2D eigenvalue weighted by atomic mass is 9.90. The van der Waals surface area contributed by atoms with Crippen molar-refractivity contribution in [3.05, 3.63) is 46.7 Å². The van der Waals surface area contributed by atoms with Crippen LogP contribution in [0.25, 0.3) is 5.69 Å². The second kappa shape index (κ2) is 5.81. The van der Waals surface area contributed by atoms with Crippen LogP contribution in [0.2, 0.25) is 0 Å². The number of carbonyl (C=O) groups excluding carboxylic acids is 1. The van der Waals surface area contributed by atoms with E-state index in [1.807, 2.05) is 6.07 Å². The molecule has 0 saturated carbocycles. The van der Waals surface area contributed by atoms with Crippen molar-refractivity contribution in [3.8, 4) is 5.69 Å². The Morgan fingerprint density at radius 2 is 2.17 bits per heavy atom. The minimum atomic E-state index is -0.861. The number of nitrogens with zero attached hydrogens (tertiary/aromatic N) is 3. The van der Waals surface area contributed by atoms with E-state index in [-0.39, 0.29) is 12.5 Å². The van der Waals surface area contributed by atoms with Crippen LogP contribution in [0.4, 0.5) is 0 Å². The number of carbonyl (C=O) groups is 2. The summed E-state index contributed by atoms with van der Waals surface area (Å²) in [5.41, 5.74) is 0.450. The van der Waals surface area contributed by atoms with Crippen LogP contribution in [-0.2, 0) is 4.79 Å². The summed E-state index contributed by atoms with van der Waals surface area (Å²) >= 11 is 3.34. The van der Waals surface area contributed by atoms with Crippen LogP contribution in [0, 0.1) is 5.41 Å². The Morgan fingerprint density at radius 1 is 1.39 bits per heavy atom. The number of halogens is 1. The van der Waals surface area contributed by atoms with Crippen molar-refractivity contribution in [2.24, 2.45) is 5.41 Å². The number of aliphatic carboxylic acids is 1. The lowest BCUT2D eigenvalue weighted by Crippen LogP contribution is -2.34. The Hall–Kier alpha value is -2.15. The number of carboxylic acid groups (broad SMARTS) is 1. The number of carboxylic acids is 1. The third-order valence-corrected chi connectivity index (χ3v) is 4.60. The van der Waals surface area contributed by atoms with Gasteiger partial charge in [0.05, 0.1) is 21.8 Å². The van der Waals surface area contributed by atoms with Crippen LogP contribution in [-0.4, -0.2) is 44.8 Å². The summed E-state index contributed by atoms with van der Waals surface area (Å²) in [6.07, 6.45) is 3.95. The van der Waals surface area contributed by atoms with E-state index < -0.39 is 11.4 Å². The number of likely N-dealkylation sites (tertiary alicyclic amines) is 1. The molecule has 1 amide bonds. The molecule has 0 aliphatic carbocycles. The van der Waals surface area contributed by atoms with Crippen molar-refractivity contribution in [2.75, 3.05) is 13.1 Å². The fourth-order valence-electron chi connectivity index (χ4n) is 2.72. The average Bonchev–Trinajstić information content (AvgIpc) is 3.14. The molecule has 1 fully saturated rings. The minimum absolute atomic E-state index is 0.150. The Kier molecular flexibility index (Phi) is 3.97. The van der Waals surface area contributed by atoms with E-state index in [2.05, 4.69) is 21.0 Å². The van der Waals surface area contributed by atoms with Gasteiger partial charge in [-0.3, -0.25) is 9.59 Å². The van der Waals surface area contributed by atoms with Gasteiger partial charge in [0.15, 0.2) is 0 Å². The van der Waals surface area contributed by atoms with Crippen LogP contribution in [0.1, 0.15) is 23.7 Å². The maximum absolute atomic E-state index is 12.6. The van der Waals surface area contributed by atoms with Gasteiger partial charge in [-0.15, -0.1) is 0 Å². The van der Waals surface area contributed by atoms with Crippen LogP contribution in [0.15, 0.2) is 41.1 Å². The molecule has 0 spiro atoms. The summed E-state index contributed by atoms with van der Waals surface area (Å²) < 4.78 is 2.53. The van der Waals surface area contributed by atoms with Gasteiger partial charge in [0.25, 0.3) is 5.91 Å². The van der Waals surface area contributed by atoms with E-state index in [0.717, 1.165) is 10.2 Å². The molecule has 1 aliphatic heterocycles. The fraction of sp³-hybridized carbons (Fsp3) is 0.312. The highest BCUT2D eigenvalue weighted by Gasteiger charge is 2.42. The Balaban J connectivity index is 1.82. The maximum atomic E-state index is 12.6. The summed E-state index contributed by atoms with van der Waals surface area (Å²) in [4.78, 5) is 25.6. The highest BCUT2D eigenvalue weighted by molar-refractivity contribution is 9.10. The molecule has 1 aliphatic rings. The molecular weight excluding hydrogens is 362 g/mol. The number of benzene rings is 1. The summed E-state index contributed by atoms with van der Waals surface area (Å²) in [7, 11) is 0. The van der Waals surface area contributed by atoms with Crippen molar-refractivity contribution in [2.45, 2.75) is 13.3 Å². The number of rotatable bonds is 3. The number of aromatic nitrogens is 2. The number of hydrogen-bond acceptors (Lipinski definition) is 3. The second-order valence-electron chi connectivity index (χ2n) is 6.00. The first-order valence-electron chi connectivity index (χ1n) is 7.22. The van der Waals surface area contributed by atoms with Crippen LogP contribution < -0.4 is 0 Å². The van der Waals surface area contributed by atoms with Gasteiger partial charge in [-0.05, 0) is 47.5 Å². The maximum Gasteiger partial charge on any atom is 0.311 e. The van der Waals surface area contributed by atoms with Gasteiger partial charge in [-0.1, -0.05) is 6.07 Å². The molecule has 1 N–H and O–H groups in total. The summed E-state index contributed by atoms with van der Waals surface area (Å²) in [6, 6.07) is 7.16. The van der Waals surface area contributed by atoms with E-state index in [9.17, 15) is 14.7 Å². The zero-order chi connectivity index (χ0) is 16.6. The lowest BCUT2D eigenvalue weighted by Gasteiger charge is -2.20. The van der Waals surface area contributed by atoms with Gasteiger partial charge in [0.1, 0.15) is 0 Å². The molecule has 0 radical (unpaired) electrons. The molecule has 7 heteroatoms. The molecule has 2 heterocycles. The summed E-state index contributed by atoms with van der Waals surface area (Å²) in [5.74, 6) is -1.01. The van der Waals surface area contributed by atoms with Gasteiger partial charge in [-0.25, -0.2) is 4.68 Å². The molecule has 2 aromatic rings. The fourth-order valence-corrected chi connectivity index (χ4v) is 3.00. The topological polar surface area (TPSA) is 75.4 Å². The molecule has 1 unspecified atom stereocenters. The molecule has 1 aromatic heterocycles. The Labute approximate surface area is 141 Å². The van der Waals surface area contributed by atoms with Crippen molar-refractivity contribution in [1.29, 1.82) is 0 Å². The van der Waals surface area contributed by atoms with Gasteiger partial charge in [0, 0.05) is 24.8 Å². The Morgan fingerprint density at radius 3 is 2.78 bits per heavy atom. The number of amides is 1. The van der Waals surface area contributed by atoms with Gasteiger partial charge in [-0.2, -0.15) is 5.10 Å². The third-order valence-electron chi connectivity index (χ3n) is 4.19. The zero-order valence-electron chi connectivity index (χ0n) is 12.6. The predicted octanol–water partition coefficient (Wildman–Crippen LogP) is 2.57. The molecule has 0 bridgehead atoms. The zero-order valence-corrected chi connectivity index (χ0v) is 14.2. The van der Waals surface area contributed by atoms with Crippen molar-refractivity contribution in [3.63, 3.8) is 0 Å². The summed E-state index contributed by atoms with van der Waals surface area (Å²) in [6.45, 7) is 2.37. The average molecular weight is 378 g/mol. The van der Waals surface area contributed by atoms with Gasteiger partial charge >= 0.3 is 5.97 Å². The first-order chi connectivity index (χ1) is 10.9. The van der Waals surface area contributed by atoms with Crippen LogP contribution in [0.3, 0.4) is 0 Å². The molecule has 1 aromatic carbocycles. The molecular formula is C16H16BrN3O3. The SMILES string of the molecule is CC1(C(=O)O)CCN(C(=O)c2cccc(-n3cc(Br)cn3)c2)C1. The van der Waals surface area contributed by atoms with Crippen molar-refractivity contribution in [1.82, 2.24) is 14.7 Å². The van der Waals surface area contributed by atoms with E-state index >= 15 is 0 Å². The highest BCUT2D eigenvalue weighted by atomic mass is 79.9. The monoisotopic (exact) mass is 377 g/mol. The van der Waals surface area contributed by atoms with Crippen LogP contribution >= 0.6 is 15.9 Å². The van der Waals surface area contributed by atoms with Gasteiger partial charge in [0.2, 0.25) is 0 Å². The molecule has 120 valence electrons. The molecule has 1 saturated heterocycles. The third kappa shape index (κ3) is 3.01. The van der Waals surface area contributed by atoms with Crippen LogP contribution in [0.5, 0.6) is 0 Å². The Bertz CT molecular complexity index is 773. The van der Waals surface area contributed by atoms with Crippen molar-refractivity contribution < 1.29 is 14.7 Å². The van der Waals surface area contributed by atoms with Crippen molar-refractivity contribution >= 4 is 27.8 Å². The summed E-state index contributed by atoms with van der Waals surface area (Å²) in [5, 5.41) is 13.5. The minimum Gasteiger partial charge on any atom is -0.481 e. The standard InChI is InChI=1S/C16H16BrN3O3/c1-16(15(22)23)5-6-19(10-16)14(21)11-3-2-4-13(7-11)20-9-12(17)8-18-20/h2-4,7-9H,5-6,10H2,1H3,(H,22,23). The normalized spacial score (nSPS) is 20.7. The molecule has 6 nitrogen and oxygen atoms in total. The first-order valence-corrected chi connectivity index (χ1v) is 8.02. The first kappa shape index (κ1) is 15.7. The highest BCUT2D eigenvalue weighted by Crippen LogP contribution is 2.31. The molecule has 3 rings (SSSR count). The predicted molar refractivity (Wildman–Crippen MR) is 87.5 cm³/mol. The van der Waals surface area contributed by atoms with E-state index in [1.165, 1.54) is 0 Å². The molecule has 23 heavy (non-hydrogen) atoms.